The van der Waals surface area contributed by atoms with Gasteiger partial charge in [0.1, 0.15) is 11.6 Å². The van der Waals surface area contributed by atoms with Crippen LogP contribution in [0, 0.1) is 16.7 Å². The number of carboxylic acids is 1. The second-order valence-electron chi connectivity index (χ2n) is 4.24. The Balaban J connectivity index is 2.96. The van der Waals surface area contributed by atoms with Crippen LogP contribution in [0.5, 0.6) is 0 Å². The molecule has 3 heteroatoms. The van der Waals surface area contributed by atoms with Gasteiger partial charge < -0.3 is 5.11 Å². The van der Waals surface area contributed by atoms with Crippen molar-refractivity contribution in [3.05, 3.63) is 11.1 Å². The molecule has 1 N–H and O–H groups in total. The Morgan fingerprint density at radius 3 is 2.54 bits per heavy atom. The zero-order valence-corrected chi connectivity index (χ0v) is 7.92. The van der Waals surface area contributed by atoms with Gasteiger partial charge in [-0.05, 0) is 30.3 Å². The first kappa shape index (κ1) is 9.79. The van der Waals surface area contributed by atoms with Crippen LogP contribution < -0.4 is 0 Å². The first-order chi connectivity index (χ1) is 5.96. The molecule has 1 aliphatic rings. The molecule has 0 aromatic carbocycles. The van der Waals surface area contributed by atoms with E-state index >= 15 is 0 Å². The second kappa shape index (κ2) is 3.21. The van der Waals surface area contributed by atoms with Crippen molar-refractivity contribution in [2.24, 2.45) is 5.41 Å². The van der Waals surface area contributed by atoms with E-state index in [1.54, 1.807) is 6.07 Å². The smallest absolute Gasteiger partial charge is 0.346 e. The summed E-state index contributed by atoms with van der Waals surface area (Å²) >= 11 is 0. The highest BCUT2D eigenvalue weighted by Gasteiger charge is 2.30. The molecule has 0 aromatic heterocycles. The van der Waals surface area contributed by atoms with E-state index in [0.717, 1.165) is 24.8 Å². The maximum absolute atomic E-state index is 10.6. The first-order valence-electron chi connectivity index (χ1n) is 4.32. The number of allylic oxidation sites excluding steroid dienone is 1. The van der Waals surface area contributed by atoms with Crippen LogP contribution in [0.3, 0.4) is 0 Å². The number of nitrogens with zero attached hydrogens (tertiary/aromatic N) is 1. The van der Waals surface area contributed by atoms with Crippen molar-refractivity contribution in [3.8, 4) is 6.07 Å². The first-order valence-corrected chi connectivity index (χ1v) is 4.32. The number of carbonyl (C=O) groups is 1. The molecule has 0 heterocycles. The van der Waals surface area contributed by atoms with Gasteiger partial charge in [0.05, 0.1) is 0 Å². The van der Waals surface area contributed by atoms with E-state index in [9.17, 15) is 4.79 Å². The summed E-state index contributed by atoms with van der Waals surface area (Å²) in [6.07, 6.45) is 2.46. The van der Waals surface area contributed by atoms with Crippen molar-refractivity contribution in [1.82, 2.24) is 0 Å². The second-order valence-corrected chi connectivity index (χ2v) is 4.24. The molecule has 1 rings (SSSR count). The maximum atomic E-state index is 10.6. The fourth-order valence-electron chi connectivity index (χ4n) is 1.74. The van der Waals surface area contributed by atoms with E-state index in [-0.39, 0.29) is 11.0 Å². The Hall–Kier alpha value is -1.30. The zero-order valence-electron chi connectivity index (χ0n) is 7.92. The average molecular weight is 179 g/mol. The highest BCUT2D eigenvalue weighted by Crippen LogP contribution is 2.41. The molecule has 3 nitrogen and oxygen atoms in total. The highest BCUT2D eigenvalue weighted by molar-refractivity contribution is 5.92. The third-order valence-corrected chi connectivity index (χ3v) is 2.47. The number of hydrogen-bond acceptors (Lipinski definition) is 2. The highest BCUT2D eigenvalue weighted by atomic mass is 16.4. The summed E-state index contributed by atoms with van der Waals surface area (Å²) in [4.78, 5) is 10.6. The van der Waals surface area contributed by atoms with Crippen LogP contribution in [0.25, 0.3) is 0 Å². The maximum Gasteiger partial charge on any atom is 0.346 e. The molecule has 0 saturated heterocycles. The standard InChI is InChI=1S/C10H13NO2/c1-10(2)4-3-7(5-10)8(6-11)9(12)13/h3-5H2,1-2H3,(H,12,13)/b8-7-. The fraction of sp³-hybridized carbons (Fsp3) is 0.600. The lowest BCUT2D eigenvalue weighted by Crippen LogP contribution is -2.05. The number of hydrogen-bond donors (Lipinski definition) is 1. The van der Waals surface area contributed by atoms with Crippen molar-refractivity contribution in [2.75, 3.05) is 0 Å². The molecule has 0 bridgehead atoms. The Kier molecular flexibility index (Phi) is 2.42. The molecule has 0 atom stereocenters. The van der Waals surface area contributed by atoms with Gasteiger partial charge in [-0.15, -0.1) is 0 Å². The molecule has 1 fully saturated rings. The van der Waals surface area contributed by atoms with E-state index < -0.39 is 5.97 Å². The molecule has 1 saturated carbocycles. The molecule has 70 valence electrons. The lowest BCUT2D eigenvalue weighted by Gasteiger charge is -2.14. The van der Waals surface area contributed by atoms with Gasteiger partial charge in [0.25, 0.3) is 0 Å². The SMILES string of the molecule is CC1(C)CC/C(=C(\C#N)C(=O)O)C1. The predicted octanol–water partition coefficient (Wildman–Crippen LogP) is 2.10. The van der Waals surface area contributed by atoms with E-state index in [1.165, 1.54) is 0 Å². The van der Waals surface area contributed by atoms with Gasteiger partial charge in [0, 0.05) is 0 Å². The lowest BCUT2D eigenvalue weighted by molar-refractivity contribution is -0.132. The Morgan fingerprint density at radius 2 is 2.23 bits per heavy atom. The number of rotatable bonds is 1. The summed E-state index contributed by atoms with van der Waals surface area (Å²) < 4.78 is 0. The van der Waals surface area contributed by atoms with Gasteiger partial charge in [-0.1, -0.05) is 13.8 Å². The van der Waals surface area contributed by atoms with Gasteiger partial charge in [-0.2, -0.15) is 5.26 Å². The lowest BCUT2D eigenvalue weighted by atomic mass is 9.91. The molecule has 13 heavy (non-hydrogen) atoms. The average Bonchev–Trinajstić information content (AvgIpc) is 2.31. The van der Waals surface area contributed by atoms with Crippen molar-refractivity contribution >= 4 is 5.97 Å². The van der Waals surface area contributed by atoms with Crippen LogP contribution in [-0.4, -0.2) is 11.1 Å². The zero-order chi connectivity index (χ0) is 10.1. The Morgan fingerprint density at radius 1 is 1.62 bits per heavy atom. The Labute approximate surface area is 77.7 Å². The predicted molar refractivity (Wildman–Crippen MR) is 47.9 cm³/mol. The number of nitriles is 1. The molecule has 0 spiro atoms. The minimum atomic E-state index is -1.09. The summed E-state index contributed by atoms with van der Waals surface area (Å²) in [6, 6.07) is 1.76. The monoisotopic (exact) mass is 179 g/mol. The molecule has 1 aliphatic carbocycles. The largest absolute Gasteiger partial charge is 0.477 e. The summed E-state index contributed by atoms with van der Waals surface area (Å²) in [5.74, 6) is -1.09. The minimum absolute atomic E-state index is 0.0504. The van der Waals surface area contributed by atoms with Crippen molar-refractivity contribution < 1.29 is 9.90 Å². The quantitative estimate of drug-likeness (QED) is 0.495. The van der Waals surface area contributed by atoms with E-state index in [4.69, 9.17) is 10.4 Å². The van der Waals surface area contributed by atoms with E-state index in [1.807, 2.05) is 0 Å². The summed E-state index contributed by atoms with van der Waals surface area (Å²) in [5.41, 5.74) is 0.915. The summed E-state index contributed by atoms with van der Waals surface area (Å²) in [7, 11) is 0. The van der Waals surface area contributed by atoms with Crippen LogP contribution >= 0.6 is 0 Å². The van der Waals surface area contributed by atoms with E-state index in [2.05, 4.69) is 13.8 Å². The molecule has 0 aliphatic heterocycles. The van der Waals surface area contributed by atoms with Gasteiger partial charge in [-0.3, -0.25) is 0 Å². The molecular formula is C10H13NO2. The Bertz CT molecular complexity index is 307. The topological polar surface area (TPSA) is 61.1 Å². The summed E-state index contributed by atoms with van der Waals surface area (Å²) in [5, 5.41) is 17.4. The third kappa shape index (κ3) is 2.09. The molecular weight excluding hydrogens is 166 g/mol. The van der Waals surface area contributed by atoms with Crippen LogP contribution in [-0.2, 0) is 4.79 Å². The third-order valence-electron chi connectivity index (χ3n) is 2.47. The van der Waals surface area contributed by atoms with Gasteiger partial charge in [-0.25, -0.2) is 4.79 Å². The molecule has 0 aromatic rings. The van der Waals surface area contributed by atoms with Gasteiger partial charge >= 0.3 is 5.97 Å². The van der Waals surface area contributed by atoms with Crippen LogP contribution in [0.4, 0.5) is 0 Å². The van der Waals surface area contributed by atoms with Crippen molar-refractivity contribution in [3.63, 3.8) is 0 Å². The molecule has 0 unspecified atom stereocenters. The van der Waals surface area contributed by atoms with Gasteiger partial charge in [0.15, 0.2) is 0 Å². The van der Waals surface area contributed by atoms with Crippen molar-refractivity contribution in [2.45, 2.75) is 33.1 Å². The normalized spacial score (nSPS) is 23.8. The minimum Gasteiger partial charge on any atom is -0.477 e. The van der Waals surface area contributed by atoms with E-state index in [0.29, 0.717) is 0 Å². The molecule has 0 amide bonds. The summed E-state index contributed by atoms with van der Waals surface area (Å²) in [6.45, 7) is 4.19. The fourth-order valence-corrected chi connectivity index (χ4v) is 1.74. The van der Waals surface area contributed by atoms with Gasteiger partial charge in [0.2, 0.25) is 0 Å². The van der Waals surface area contributed by atoms with Crippen molar-refractivity contribution in [1.29, 1.82) is 5.26 Å². The van der Waals surface area contributed by atoms with Crippen LogP contribution in [0.2, 0.25) is 0 Å². The number of aliphatic carboxylic acids is 1. The number of carboxylic acid groups (broad SMARTS) is 1. The van der Waals surface area contributed by atoms with Crippen LogP contribution in [0.15, 0.2) is 11.1 Å². The van der Waals surface area contributed by atoms with Crippen LogP contribution in [0.1, 0.15) is 33.1 Å². The molecule has 0 radical (unpaired) electrons.